The van der Waals surface area contributed by atoms with E-state index in [-0.39, 0.29) is 32.6 Å². The zero-order valence-electron chi connectivity index (χ0n) is 58.4. The van der Waals surface area contributed by atoms with E-state index in [1.807, 2.05) is 213 Å². The first-order valence-electron chi connectivity index (χ1n) is 34.3. The predicted octanol–water partition coefficient (Wildman–Crippen LogP) is 24.8. The van der Waals surface area contributed by atoms with Gasteiger partial charge in [0.2, 0.25) is 0 Å². The molecule has 0 fully saturated rings. The first-order chi connectivity index (χ1) is 50.4. The van der Waals surface area contributed by atoms with E-state index >= 15 is 0 Å². The molecule has 0 amide bonds. The summed E-state index contributed by atoms with van der Waals surface area (Å²) in [5.41, 5.74) is 6.90. The van der Waals surface area contributed by atoms with E-state index in [2.05, 4.69) is 71.9 Å². The predicted molar refractivity (Wildman–Crippen MR) is 457 cm³/mol. The minimum absolute atomic E-state index is 0.0387. The Labute approximate surface area is 629 Å². The number of aryl methyl sites for hydroxylation is 3. The Kier molecular flexibility index (Phi) is 22.3. The van der Waals surface area contributed by atoms with Gasteiger partial charge in [-0.2, -0.15) is 0 Å². The fraction of sp³-hybridized carbons (Fsp3) is 0.133. The molecule has 7 nitrogen and oxygen atoms in total. The fourth-order valence-electron chi connectivity index (χ4n) is 12.7. The zero-order chi connectivity index (χ0) is 72.9. The molecular weight excluding hydrogens is 1420 g/mol. The van der Waals surface area contributed by atoms with Crippen molar-refractivity contribution in [3.63, 3.8) is 0 Å². The summed E-state index contributed by atoms with van der Waals surface area (Å²) >= 11 is 16.1. The van der Waals surface area contributed by atoms with Gasteiger partial charge < -0.3 is 4.74 Å². The molecule has 12 aromatic carbocycles. The lowest BCUT2D eigenvalue weighted by atomic mass is 10.0. The van der Waals surface area contributed by atoms with E-state index in [4.69, 9.17) is 16.3 Å². The van der Waals surface area contributed by atoms with Crippen LogP contribution in [0.2, 0.25) is 5.02 Å². The second-order valence-corrected chi connectivity index (χ2v) is 32.5. The van der Waals surface area contributed by atoms with Crippen molar-refractivity contribution < 1.29 is 4.74 Å². The molecule has 0 radical (unpaired) electrons. The standard InChI is InChI=1S/C17H16OS.2C16H14OS.C14H9ClO2S.C14H10OS.C13H8OS/c1-3-11-9-12(4-2)17-14(10-11)16(18)13-7-5-6-8-15(13)19-17;1-10(2)11-7-5-8-13-15(17)12-6-3-4-9-14(12)18-16(11)13;1-10(2)11-7-8-15-13(9-11)16(17)12-5-3-4-6-14(12)18-15;1-17-10-7-6-9(15)12-13(16)8-4-2-3-5-11(8)18-14(10)12;1-9-6-7-13-11(8-9)14(15)10-4-2-3-5-12(10)16-13;14-13-9-5-1-3-7-11(9)15-12-8-4-2-6-10(12)13/h5-10H,3-4H2,1-2H3;2*3-10H,1-2H3;2-7H,1H3;2-8H,1H3;1-8H. The molecule has 0 unspecified atom stereocenters. The summed E-state index contributed by atoms with van der Waals surface area (Å²) in [6.45, 7) is 14.9. The minimum atomic E-state index is -0.0387. The average Bonchev–Trinajstić information content (AvgIpc) is 0.797. The third kappa shape index (κ3) is 14.9. The van der Waals surface area contributed by atoms with Crippen LogP contribution in [0.5, 0.6) is 5.75 Å². The van der Waals surface area contributed by atoms with E-state index in [9.17, 15) is 28.8 Å². The van der Waals surface area contributed by atoms with Crippen LogP contribution in [0, 0.1) is 6.92 Å². The second kappa shape index (κ2) is 32.0. The molecule has 104 heavy (non-hydrogen) atoms. The highest BCUT2D eigenvalue weighted by atomic mass is 35.5. The summed E-state index contributed by atoms with van der Waals surface area (Å²) in [5, 5.41) is 10.1. The normalized spacial score (nSPS) is 11.2. The van der Waals surface area contributed by atoms with Crippen LogP contribution in [0.1, 0.15) is 81.2 Å². The molecule has 14 heteroatoms. The number of benzene rings is 12. The van der Waals surface area contributed by atoms with Gasteiger partial charge >= 0.3 is 0 Å². The number of halogens is 1. The molecule has 0 saturated carbocycles. The number of rotatable bonds is 5. The van der Waals surface area contributed by atoms with Crippen LogP contribution >= 0.6 is 79.6 Å². The van der Waals surface area contributed by atoms with Gasteiger partial charge in [-0.25, -0.2) is 0 Å². The van der Waals surface area contributed by atoms with Crippen molar-refractivity contribution in [1.82, 2.24) is 0 Å². The van der Waals surface area contributed by atoms with Crippen molar-refractivity contribution >= 4 is 201 Å². The highest BCUT2D eigenvalue weighted by molar-refractivity contribution is 7.26. The summed E-state index contributed by atoms with van der Waals surface area (Å²) in [7, 11) is 1.59. The molecule has 18 aromatic rings. The fourth-order valence-corrected chi connectivity index (χ4v) is 19.9. The van der Waals surface area contributed by atoms with E-state index < -0.39 is 0 Å². The van der Waals surface area contributed by atoms with Crippen LogP contribution in [-0.2, 0) is 12.8 Å². The molecule has 0 bridgehead atoms. The molecule has 0 atom stereocenters. The number of ether oxygens (including phenoxy) is 1. The molecule has 6 aromatic heterocycles. The Morgan fingerprint density at radius 1 is 0.327 bits per heavy atom. The van der Waals surface area contributed by atoms with E-state index in [0.717, 1.165) is 129 Å². The van der Waals surface area contributed by atoms with Gasteiger partial charge in [0.1, 0.15) is 5.75 Å². The highest BCUT2D eigenvalue weighted by Gasteiger charge is 2.16. The maximum absolute atomic E-state index is 12.6. The van der Waals surface area contributed by atoms with Crippen molar-refractivity contribution in [3.05, 3.63) is 343 Å². The Morgan fingerprint density at radius 2 is 0.702 bits per heavy atom. The second-order valence-electron chi connectivity index (χ2n) is 25.6. The molecule has 18 rings (SSSR count). The van der Waals surface area contributed by atoms with Crippen molar-refractivity contribution in [2.45, 2.75) is 73.1 Å². The molecule has 6 heterocycles. The first kappa shape index (κ1) is 72.4. The summed E-state index contributed by atoms with van der Waals surface area (Å²) in [5.74, 6) is 1.57. The summed E-state index contributed by atoms with van der Waals surface area (Å²) in [6.07, 6.45) is 1.94. The largest absolute Gasteiger partial charge is 0.495 e. The molecule has 0 saturated heterocycles. The van der Waals surface area contributed by atoms with E-state index in [0.29, 0.717) is 33.4 Å². The molecule has 0 aliphatic heterocycles. The quantitative estimate of drug-likeness (QED) is 0.158. The number of hydrogen-bond acceptors (Lipinski definition) is 13. The number of methoxy groups -OCH3 is 1. The Morgan fingerprint density at radius 3 is 1.14 bits per heavy atom. The first-order valence-corrected chi connectivity index (χ1v) is 39.6. The maximum Gasteiger partial charge on any atom is 0.197 e. The summed E-state index contributed by atoms with van der Waals surface area (Å²) < 4.78 is 17.9. The molecule has 516 valence electrons. The van der Waals surface area contributed by atoms with Gasteiger partial charge in [-0.05, 0) is 187 Å². The highest BCUT2D eigenvalue weighted by Crippen LogP contribution is 2.37. The molecule has 0 spiro atoms. The Bertz CT molecular complexity index is 6640. The van der Waals surface area contributed by atoms with Crippen LogP contribution in [0.25, 0.3) is 121 Å². The Hall–Kier alpha value is -9.93. The maximum atomic E-state index is 12.6. The molecular formula is C90H71ClO7S6. The van der Waals surface area contributed by atoms with Crippen molar-refractivity contribution in [2.24, 2.45) is 0 Å². The van der Waals surface area contributed by atoms with Gasteiger partial charge in [0.25, 0.3) is 0 Å². The third-order valence-corrected chi connectivity index (χ3v) is 25.7. The van der Waals surface area contributed by atoms with Crippen LogP contribution < -0.4 is 37.3 Å². The lowest BCUT2D eigenvalue weighted by Crippen LogP contribution is -2.03. The Balaban J connectivity index is 0.000000111. The molecule has 0 aliphatic carbocycles. The van der Waals surface area contributed by atoms with Gasteiger partial charge in [0.15, 0.2) is 32.6 Å². The van der Waals surface area contributed by atoms with E-state index in [1.54, 1.807) is 75.9 Å². The van der Waals surface area contributed by atoms with Gasteiger partial charge in [0, 0.05) is 111 Å². The van der Waals surface area contributed by atoms with Crippen molar-refractivity contribution in [1.29, 1.82) is 0 Å². The van der Waals surface area contributed by atoms with Crippen molar-refractivity contribution in [2.75, 3.05) is 7.11 Å². The number of fused-ring (bicyclic) bond motifs is 12. The minimum Gasteiger partial charge on any atom is -0.495 e. The summed E-state index contributed by atoms with van der Waals surface area (Å²) in [4.78, 5) is 74.4. The van der Waals surface area contributed by atoms with Gasteiger partial charge in [0.05, 0.1) is 22.2 Å². The summed E-state index contributed by atoms with van der Waals surface area (Å²) in [6, 6.07) is 80.5. The van der Waals surface area contributed by atoms with E-state index in [1.165, 1.54) is 33.6 Å². The van der Waals surface area contributed by atoms with Crippen molar-refractivity contribution in [3.8, 4) is 5.75 Å². The third-order valence-electron chi connectivity index (χ3n) is 18.2. The average molecular weight is 1490 g/mol. The van der Waals surface area contributed by atoms with Crippen LogP contribution in [0.4, 0.5) is 0 Å². The lowest BCUT2D eigenvalue weighted by molar-refractivity contribution is 0.420. The zero-order valence-corrected chi connectivity index (χ0v) is 64.1. The molecule has 0 N–H and O–H groups in total. The van der Waals surface area contributed by atoms with Crippen LogP contribution in [0.15, 0.2) is 277 Å². The smallest absolute Gasteiger partial charge is 0.197 e. The number of hydrogen-bond donors (Lipinski definition) is 0. The van der Waals surface area contributed by atoms with Gasteiger partial charge in [-0.15, -0.1) is 68.0 Å². The molecule has 0 aliphatic rings. The van der Waals surface area contributed by atoms with Gasteiger partial charge in [-0.1, -0.05) is 174 Å². The van der Waals surface area contributed by atoms with Crippen LogP contribution in [-0.4, -0.2) is 7.11 Å². The van der Waals surface area contributed by atoms with Crippen LogP contribution in [0.3, 0.4) is 0 Å². The van der Waals surface area contributed by atoms with Gasteiger partial charge in [-0.3, -0.25) is 28.8 Å². The lowest BCUT2D eigenvalue weighted by Gasteiger charge is -2.09. The SMILES string of the molecule is CC(C)c1ccc2sc3ccccc3c(=O)c2c1.CC(C)c1cccc2c(=O)c3ccccc3sc12.CCc1cc(CC)c2sc3ccccc3c(=O)c2c1.COc1ccc(Cl)c2c(=O)c3ccccc3sc12.Cc1ccc2sc3ccccc3c(=O)c2c1.O=c1c2ccccc2sc2ccccc12. The monoisotopic (exact) mass is 1490 g/mol. The topological polar surface area (TPSA) is 112 Å².